The second-order valence-corrected chi connectivity index (χ2v) is 4.30. The van der Waals surface area contributed by atoms with Crippen LogP contribution < -0.4 is 0 Å². The topological polar surface area (TPSA) is 0 Å². The van der Waals surface area contributed by atoms with E-state index in [1.807, 2.05) is 0 Å². The zero-order valence-electron chi connectivity index (χ0n) is 6.89. The highest BCUT2D eigenvalue weighted by molar-refractivity contribution is 8.00. The molecule has 58 valence electrons. The highest BCUT2D eigenvalue weighted by Crippen LogP contribution is 2.27. The van der Waals surface area contributed by atoms with Crippen molar-refractivity contribution in [2.45, 2.75) is 38.4 Å². The Labute approximate surface area is 68.1 Å². The minimum Gasteiger partial charge on any atom is -0.154 e. The Morgan fingerprint density at radius 3 is 3.00 bits per heavy atom. The first-order valence-corrected chi connectivity index (χ1v) is 5.15. The van der Waals surface area contributed by atoms with Gasteiger partial charge in [-0.2, -0.15) is 11.8 Å². The molecule has 0 nitrogen and oxygen atoms in total. The van der Waals surface area contributed by atoms with Crippen molar-refractivity contribution in [2.75, 3.05) is 5.75 Å². The molecule has 1 aliphatic heterocycles. The molecule has 0 saturated heterocycles. The van der Waals surface area contributed by atoms with Gasteiger partial charge < -0.3 is 0 Å². The minimum absolute atomic E-state index is 0.925. The van der Waals surface area contributed by atoms with Gasteiger partial charge in [0.15, 0.2) is 0 Å². The van der Waals surface area contributed by atoms with Gasteiger partial charge in [0, 0.05) is 11.0 Å². The Bertz CT molecular complexity index is 127. The standard InChI is InChI=1S/C9H16S/c1-3-4-9-6-5-8(2)7-10-9/h5,9H,3-4,6-7H2,1-2H3. The summed E-state index contributed by atoms with van der Waals surface area (Å²) in [4.78, 5) is 0. The van der Waals surface area contributed by atoms with E-state index in [9.17, 15) is 0 Å². The van der Waals surface area contributed by atoms with Crippen LogP contribution in [0.15, 0.2) is 11.6 Å². The summed E-state index contributed by atoms with van der Waals surface area (Å²) in [5.41, 5.74) is 1.57. The molecule has 0 saturated carbocycles. The van der Waals surface area contributed by atoms with Crippen molar-refractivity contribution in [3.63, 3.8) is 0 Å². The highest BCUT2D eigenvalue weighted by atomic mass is 32.2. The van der Waals surface area contributed by atoms with Crippen molar-refractivity contribution in [1.82, 2.24) is 0 Å². The Morgan fingerprint density at radius 1 is 1.70 bits per heavy atom. The number of hydrogen-bond acceptors (Lipinski definition) is 1. The molecule has 1 unspecified atom stereocenters. The third-order valence-electron chi connectivity index (χ3n) is 1.89. The molecule has 10 heavy (non-hydrogen) atoms. The molecule has 0 spiro atoms. The maximum Gasteiger partial charge on any atom is 0.0143 e. The molecule has 1 aliphatic rings. The molecular formula is C9H16S. The van der Waals surface area contributed by atoms with Gasteiger partial charge in [0.1, 0.15) is 0 Å². The van der Waals surface area contributed by atoms with Crippen LogP contribution in [0.2, 0.25) is 0 Å². The molecule has 0 N–H and O–H groups in total. The van der Waals surface area contributed by atoms with E-state index in [0.717, 1.165) is 5.25 Å². The summed E-state index contributed by atoms with van der Waals surface area (Å²) in [5.74, 6) is 1.27. The third kappa shape index (κ3) is 2.37. The van der Waals surface area contributed by atoms with Crippen molar-refractivity contribution < 1.29 is 0 Å². The normalized spacial score (nSPS) is 26.2. The van der Waals surface area contributed by atoms with Crippen LogP contribution in [0.25, 0.3) is 0 Å². The van der Waals surface area contributed by atoms with Crippen LogP contribution in [0.1, 0.15) is 33.1 Å². The molecular weight excluding hydrogens is 140 g/mol. The van der Waals surface area contributed by atoms with E-state index in [1.54, 1.807) is 5.57 Å². The second kappa shape index (κ2) is 4.07. The van der Waals surface area contributed by atoms with E-state index in [-0.39, 0.29) is 0 Å². The third-order valence-corrected chi connectivity index (χ3v) is 3.41. The van der Waals surface area contributed by atoms with Crippen LogP contribution in [0, 0.1) is 0 Å². The van der Waals surface area contributed by atoms with Crippen molar-refractivity contribution in [2.24, 2.45) is 0 Å². The first-order valence-electron chi connectivity index (χ1n) is 4.10. The molecule has 0 aromatic carbocycles. The van der Waals surface area contributed by atoms with Gasteiger partial charge in [0.25, 0.3) is 0 Å². The Morgan fingerprint density at radius 2 is 2.50 bits per heavy atom. The monoisotopic (exact) mass is 156 g/mol. The predicted octanol–water partition coefficient (Wildman–Crippen LogP) is 3.24. The molecule has 0 bridgehead atoms. The average molecular weight is 156 g/mol. The zero-order valence-corrected chi connectivity index (χ0v) is 7.71. The van der Waals surface area contributed by atoms with Gasteiger partial charge in [-0.15, -0.1) is 0 Å². The molecule has 0 fully saturated rings. The fraction of sp³-hybridized carbons (Fsp3) is 0.778. The number of allylic oxidation sites excluding steroid dienone is 1. The Hall–Kier alpha value is 0.0900. The van der Waals surface area contributed by atoms with E-state index < -0.39 is 0 Å². The Balaban J connectivity index is 2.27. The smallest absolute Gasteiger partial charge is 0.0143 e. The van der Waals surface area contributed by atoms with Crippen LogP contribution in [-0.2, 0) is 0 Å². The summed E-state index contributed by atoms with van der Waals surface area (Å²) < 4.78 is 0. The molecule has 1 rings (SSSR count). The van der Waals surface area contributed by atoms with Crippen LogP contribution >= 0.6 is 11.8 Å². The van der Waals surface area contributed by atoms with E-state index in [4.69, 9.17) is 0 Å². The maximum atomic E-state index is 2.40. The fourth-order valence-corrected chi connectivity index (χ4v) is 2.48. The largest absolute Gasteiger partial charge is 0.154 e. The Kier molecular flexibility index (Phi) is 3.33. The number of thioether (sulfide) groups is 1. The lowest BCUT2D eigenvalue weighted by Crippen LogP contribution is -2.06. The lowest BCUT2D eigenvalue weighted by molar-refractivity contribution is 0.740. The molecule has 1 heteroatoms. The number of rotatable bonds is 2. The minimum atomic E-state index is 0.925. The zero-order chi connectivity index (χ0) is 7.40. The lowest BCUT2D eigenvalue weighted by atomic mass is 10.1. The first-order chi connectivity index (χ1) is 4.83. The van der Waals surface area contributed by atoms with Gasteiger partial charge in [-0.25, -0.2) is 0 Å². The SMILES string of the molecule is CCCC1CC=C(C)CS1. The lowest BCUT2D eigenvalue weighted by Gasteiger charge is -2.18. The fourth-order valence-electron chi connectivity index (χ4n) is 1.23. The van der Waals surface area contributed by atoms with Gasteiger partial charge >= 0.3 is 0 Å². The quantitative estimate of drug-likeness (QED) is 0.553. The van der Waals surface area contributed by atoms with E-state index >= 15 is 0 Å². The van der Waals surface area contributed by atoms with E-state index in [1.165, 1.54) is 25.0 Å². The molecule has 0 radical (unpaired) electrons. The van der Waals surface area contributed by atoms with Crippen molar-refractivity contribution in [1.29, 1.82) is 0 Å². The predicted molar refractivity (Wildman–Crippen MR) is 49.5 cm³/mol. The molecule has 0 aliphatic carbocycles. The van der Waals surface area contributed by atoms with Gasteiger partial charge in [0.2, 0.25) is 0 Å². The van der Waals surface area contributed by atoms with Crippen LogP contribution in [0.3, 0.4) is 0 Å². The maximum absolute atomic E-state index is 2.40. The van der Waals surface area contributed by atoms with E-state index in [0.29, 0.717) is 0 Å². The van der Waals surface area contributed by atoms with E-state index in [2.05, 4.69) is 31.7 Å². The second-order valence-electron chi connectivity index (χ2n) is 3.01. The van der Waals surface area contributed by atoms with Crippen LogP contribution in [-0.4, -0.2) is 11.0 Å². The molecule has 1 heterocycles. The van der Waals surface area contributed by atoms with Gasteiger partial charge in [-0.05, 0) is 19.8 Å². The summed E-state index contributed by atoms with van der Waals surface area (Å²) >= 11 is 2.13. The average Bonchev–Trinajstić information content (AvgIpc) is 1.95. The summed E-state index contributed by atoms with van der Waals surface area (Å²) in [6.07, 6.45) is 6.44. The molecule has 1 atom stereocenters. The van der Waals surface area contributed by atoms with Gasteiger partial charge in [-0.1, -0.05) is 25.0 Å². The summed E-state index contributed by atoms with van der Waals surface area (Å²) in [6, 6.07) is 0. The molecule has 0 amide bonds. The number of hydrogen-bond donors (Lipinski definition) is 0. The summed E-state index contributed by atoms with van der Waals surface area (Å²) in [6.45, 7) is 4.50. The molecule has 0 aromatic rings. The summed E-state index contributed by atoms with van der Waals surface area (Å²) in [5, 5.41) is 0.925. The van der Waals surface area contributed by atoms with Crippen molar-refractivity contribution >= 4 is 11.8 Å². The van der Waals surface area contributed by atoms with Crippen LogP contribution in [0.4, 0.5) is 0 Å². The first kappa shape index (κ1) is 8.19. The van der Waals surface area contributed by atoms with Gasteiger partial charge in [-0.3, -0.25) is 0 Å². The van der Waals surface area contributed by atoms with Crippen molar-refractivity contribution in [3.8, 4) is 0 Å². The highest BCUT2D eigenvalue weighted by Gasteiger charge is 2.10. The van der Waals surface area contributed by atoms with Crippen LogP contribution in [0.5, 0.6) is 0 Å². The molecule has 0 aromatic heterocycles. The van der Waals surface area contributed by atoms with Crippen molar-refractivity contribution in [3.05, 3.63) is 11.6 Å². The summed E-state index contributed by atoms with van der Waals surface area (Å²) in [7, 11) is 0. The van der Waals surface area contributed by atoms with Gasteiger partial charge in [0.05, 0.1) is 0 Å².